The SMILES string of the molecule is COc1c(CC(=O)O)ccc2c1OC(C)C2. The van der Waals surface area contributed by atoms with Crippen molar-refractivity contribution in [2.24, 2.45) is 0 Å². The summed E-state index contributed by atoms with van der Waals surface area (Å²) in [4.78, 5) is 10.7. The summed E-state index contributed by atoms with van der Waals surface area (Å²) < 4.78 is 10.9. The lowest BCUT2D eigenvalue weighted by molar-refractivity contribution is -0.136. The van der Waals surface area contributed by atoms with Gasteiger partial charge in [-0.2, -0.15) is 0 Å². The molecule has 4 nitrogen and oxygen atoms in total. The molecule has 0 saturated carbocycles. The van der Waals surface area contributed by atoms with Crippen LogP contribution in [-0.4, -0.2) is 24.3 Å². The first-order valence-corrected chi connectivity index (χ1v) is 5.19. The maximum Gasteiger partial charge on any atom is 0.307 e. The van der Waals surface area contributed by atoms with Crippen molar-refractivity contribution in [2.75, 3.05) is 7.11 Å². The molecule has 1 N–H and O–H groups in total. The van der Waals surface area contributed by atoms with Gasteiger partial charge in [0.2, 0.25) is 0 Å². The van der Waals surface area contributed by atoms with Gasteiger partial charge in [0, 0.05) is 17.5 Å². The van der Waals surface area contributed by atoms with Crippen molar-refractivity contribution in [1.29, 1.82) is 0 Å². The minimum absolute atomic E-state index is 0.0474. The van der Waals surface area contributed by atoms with Gasteiger partial charge in [0.15, 0.2) is 11.5 Å². The van der Waals surface area contributed by atoms with E-state index >= 15 is 0 Å². The molecule has 0 amide bonds. The minimum Gasteiger partial charge on any atom is -0.493 e. The monoisotopic (exact) mass is 222 g/mol. The Morgan fingerprint density at radius 3 is 3.00 bits per heavy atom. The van der Waals surface area contributed by atoms with Crippen molar-refractivity contribution in [3.05, 3.63) is 23.3 Å². The first-order valence-electron chi connectivity index (χ1n) is 5.19. The molecule has 0 saturated heterocycles. The fourth-order valence-corrected chi connectivity index (χ4v) is 2.01. The Labute approximate surface area is 93.8 Å². The number of carboxylic acid groups (broad SMARTS) is 1. The molecular formula is C12H14O4. The zero-order valence-corrected chi connectivity index (χ0v) is 9.32. The molecule has 2 rings (SSSR count). The maximum atomic E-state index is 10.7. The van der Waals surface area contributed by atoms with E-state index in [4.69, 9.17) is 14.6 Å². The number of ether oxygens (including phenoxy) is 2. The van der Waals surface area contributed by atoms with E-state index in [9.17, 15) is 4.79 Å². The molecule has 1 atom stereocenters. The van der Waals surface area contributed by atoms with E-state index in [1.54, 1.807) is 6.07 Å². The Kier molecular flexibility index (Phi) is 2.73. The summed E-state index contributed by atoms with van der Waals surface area (Å²) in [5.74, 6) is 0.391. The topological polar surface area (TPSA) is 55.8 Å². The van der Waals surface area contributed by atoms with Crippen LogP contribution in [-0.2, 0) is 17.6 Å². The van der Waals surface area contributed by atoms with Crippen LogP contribution in [0.3, 0.4) is 0 Å². The maximum absolute atomic E-state index is 10.7. The van der Waals surface area contributed by atoms with Crippen LogP contribution in [0.1, 0.15) is 18.1 Å². The van der Waals surface area contributed by atoms with Crippen molar-refractivity contribution in [3.8, 4) is 11.5 Å². The van der Waals surface area contributed by atoms with Gasteiger partial charge >= 0.3 is 5.97 Å². The average molecular weight is 222 g/mol. The van der Waals surface area contributed by atoms with E-state index in [-0.39, 0.29) is 12.5 Å². The molecule has 1 aliphatic heterocycles. The molecule has 0 spiro atoms. The number of hydrogen-bond acceptors (Lipinski definition) is 3. The van der Waals surface area contributed by atoms with E-state index in [0.717, 1.165) is 12.0 Å². The minimum atomic E-state index is -0.871. The first-order chi connectivity index (χ1) is 7.61. The van der Waals surface area contributed by atoms with Crippen molar-refractivity contribution in [3.63, 3.8) is 0 Å². The van der Waals surface area contributed by atoms with Crippen LogP contribution in [0, 0.1) is 0 Å². The van der Waals surface area contributed by atoms with E-state index in [1.807, 2.05) is 13.0 Å². The number of aliphatic carboxylic acids is 1. The predicted molar refractivity (Wildman–Crippen MR) is 58.1 cm³/mol. The molecule has 1 aromatic rings. The van der Waals surface area contributed by atoms with Crippen LogP contribution in [0.5, 0.6) is 11.5 Å². The molecular weight excluding hydrogens is 208 g/mol. The normalized spacial score (nSPS) is 17.8. The van der Waals surface area contributed by atoms with Crippen LogP contribution >= 0.6 is 0 Å². The molecule has 1 heterocycles. The Bertz CT molecular complexity index is 425. The number of carboxylic acids is 1. The van der Waals surface area contributed by atoms with Gasteiger partial charge in [-0.3, -0.25) is 4.79 Å². The lowest BCUT2D eigenvalue weighted by Gasteiger charge is -2.11. The standard InChI is InChI=1S/C12H14O4/c1-7-5-8-3-4-9(6-10(13)14)11(15-2)12(8)16-7/h3-4,7H,5-6H2,1-2H3,(H,13,14). The lowest BCUT2D eigenvalue weighted by Crippen LogP contribution is -2.06. The molecule has 0 fully saturated rings. The van der Waals surface area contributed by atoms with Gasteiger partial charge < -0.3 is 14.6 Å². The fourth-order valence-electron chi connectivity index (χ4n) is 2.01. The lowest BCUT2D eigenvalue weighted by atomic mass is 10.0. The van der Waals surface area contributed by atoms with Crippen LogP contribution in [0.25, 0.3) is 0 Å². The number of carbonyl (C=O) groups is 1. The predicted octanol–water partition coefficient (Wildman–Crippen LogP) is 1.65. The van der Waals surface area contributed by atoms with Crippen molar-refractivity contribution in [2.45, 2.75) is 25.9 Å². The number of benzene rings is 1. The summed E-state index contributed by atoms with van der Waals surface area (Å²) in [5, 5.41) is 8.79. The second-order valence-corrected chi connectivity index (χ2v) is 3.95. The molecule has 0 aromatic heterocycles. The number of rotatable bonds is 3. The van der Waals surface area contributed by atoms with Gasteiger partial charge in [0.1, 0.15) is 6.10 Å². The van der Waals surface area contributed by atoms with Gasteiger partial charge in [0.25, 0.3) is 0 Å². The highest BCUT2D eigenvalue weighted by atomic mass is 16.5. The first kappa shape index (κ1) is 10.8. The Morgan fingerprint density at radius 2 is 2.38 bits per heavy atom. The van der Waals surface area contributed by atoms with E-state index in [1.165, 1.54) is 7.11 Å². The van der Waals surface area contributed by atoms with Gasteiger partial charge in [0.05, 0.1) is 13.5 Å². The fraction of sp³-hybridized carbons (Fsp3) is 0.417. The molecule has 86 valence electrons. The number of fused-ring (bicyclic) bond motifs is 1. The molecule has 1 aromatic carbocycles. The molecule has 4 heteroatoms. The highest BCUT2D eigenvalue weighted by Crippen LogP contribution is 2.40. The third kappa shape index (κ3) is 1.83. The Hall–Kier alpha value is -1.71. The second kappa shape index (κ2) is 4.04. The summed E-state index contributed by atoms with van der Waals surface area (Å²) in [6.45, 7) is 1.98. The molecule has 1 aliphatic rings. The average Bonchev–Trinajstić information content (AvgIpc) is 2.57. The van der Waals surface area contributed by atoms with Gasteiger partial charge in [-0.25, -0.2) is 0 Å². The Balaban J connectivity index is 2.42. The van der Waals surface area contributed by atoms with E-state index < -0.39 is 5.97 Å². The van der Waals surface area contributed by atoms with E-state index in [2.05, 4.69) is 0 Å². The van der Waals surface area contributed by atoms with Gasteiger partial charge in [-0.1, -0.05) is 12.1 Å². The summed E-state index contributed by atoms with van der Waals surface area (Å²) in [7, 11) is 1.54. The zero-order valence-electron chi connectivity index (χ0n) is 9.32. The van der Waals surface area contributed by atoms with Crippen LogP contribution in [0.2, 0.25) is 0 Å². The third-order valence-electron chi connectivity index (χ3n) is 2.65. The molecule has 0 bridgehead atoms. The molecule has 0 radical (unpaired) electrons. The van der Waals surface area contributed by atoms with E-state index in [0.29, 0.717) is 17.1 Å². The Morgan fingerprint density at radius 1 is 1.62 bits per heavy atom. The van der Waals surface area contributed by atoms with Crippen molar-refractivity contribution >= 4 is 5.97 Å². The largest absolute Gasteiger partial charge is 0.493 e. The van der Waals surface area contributed by atoms with Crippen molar-refractivity contribution < 1.29 is 19.4 Å². The summed E-state index contributed by atoms with van der Waals surface area (Å²) in [6, 6.07) is 3.72. The quantitative estimate of drug-likeness (QED) is 0.844. The summed E-state index contributed by atoms with van der Waals surface area (Å²) in [6.07, 6.45) is 0.928. The highest BCUT2D eigenvalue weighted by molar-refractivity contribution is 5.72. The van der Waals surface area contributed by atoms with Crippen LogP contribution in [0.4, 0.5) is 0 Å². The summed E-state index contributed by atoms with van der Waals surface area (Å²) >= 11 is 0. The van der Waals surface area contributed by atoms with Crippen molar-refractivity contribution in [1.82, 2.24) is 0 Å². The van der Waals surface area contributed by atoms with Crippen LogP contribution in [0.15, 0.2) is 12.1 Å². The zero-order chi connectivity index (χ0) is 11.7. The molecule has 1 unspecified atom stereocenters. The summed E-state index contributed by atoms with van der Waals surface area (Å²) in [5.41, 5.74) is 1.74. The molecule has 0 aliphatic carbocycles. The highest BCUT2D eigenvalue weighted by Gasteiger charge is 2.25. The second-order valence-electron chi connectivity index (χ2n) is 3.95. The smallest absolute Gasteiger partial charge is 0.307 e. The number of methoxy groups -OCH3 is 1. The van der Waals surface area contributed by atoms with Gasteiger partial charge in [-0.15, -0.1) is 0 Å². The molecule has 16 heavy (non-hydrogen) atoms. The third-order valence-corrected chi connectivity index (χ3v) is 2.65. The number of hydrogen-bond donors (Lipinski definition) is 1. The van der Waals surface area contributed by atoms with Crippen LogP contribution < -0.4 is 9.47 Å². The van der Waals surface area contributed by atoms with Gasteiger partial charge in [-0.05, 0) is 6.92 Å².